The van der Waals surface area contributed by atoms with Crippen LogP contribution in [0.15, 0.2) is 6.07 Å². The topological polar surface area (TPSA) is 174 Å². The average molecular weight is 565 g/mol. The van der Waals surface area contributed by atoms with E-state index in [1.54, 1.807) is 0 Å². The van der Waals surface area contributed by atoms with Crippen molar-refractivity contribution in [1.29, 1.82) is 5.41 Å². The summed E-state index contributed by atoms with van der Waals surface area (Å²) >= 11 is 0. The molecule has 1 heterocycles. The second-order valence-corrected chi connectivity index (χ2v) is 11.7. The second-order valence-electron chi connectivity index (χ2n) is 11.7. The van der Waals surface area contributed by atoms with E-state index in [4.69, 9.17) is 11.1 Å². The predicted octanol–water partition coefficient (Wildman–Crippen LogP) is 1.15. The molecular weight excluding hydrogens is 533 g/mol. The molecule has 13 heteroatoms. The predicted molar refractivity (Wildman–Crippen MR) is 134 cm³/mol. The number of phenolic OH excluding ortho intramolecular Hbond substituents is 1. The third-order valence-electron chi connectivity index (χ3n) is 9.19. The summed E-state index contributed by atoms with van der Waals surface area (Å²) in [7, 11) is 2.94. The lowest BCUT2D eigenvalue weighted by atomic mass is 9.52. The Morgan fingerprint density at radius 2 is 1.88 bits per heavy atom. The van der Waals surface area contributed by atoms with Gasteiger partial charge in [-0.3, -0.25) is 24.1 Å². The number of fused-ring (bicyclic) bond motifs is 3. The third-order valence-corrected chi connectivity index (χ3v) is 9.19. The Morgan fingerprint density at radius 3 is 2.40 bits per heavy atom. The molecule has 216 valence electrons. The quantitative estimate of drug-likeness (QED) is 0.340. The van der Waals surface area contributed by atoms with Gasteiger partial charge >= 0.3 is 6.18 Å². The van der Waals surface area contributed by atoms with E-state index in [0.29, 0.717) is 12.8 Å². The smallest absolute Gasteiger partial charge is 0.417 e. The van der Waals surface area contributed by atoms with Crippen molar-refractivity contribution in [2.24, 2.45) is 29.4 Å². The molecule has 0 aromatic heterocycles. The van der Waals surface area contributed by atoms with Crippen LogP contribution in [0.25, 0.3) is 0 Å². The van der Waals surface area contributed by atoms with E-state index >= 15 is 0 Å². The summed E-state index contributed by atoms with van der Waals surface area (Å²) in [4.78, 5) is 54.4. The lowest BCUT2D eigenvalue weighted by molar-refractivity contribution is -0.157. The van der Waals surface area contributed by atoms with Crippen LogP contribution in [-0.4, -0.2) is 75.9 Å². The van der Waals surface area contributed by atoms with Crippen LogP contribution < -0.4 is 11.1 Å². The van der Waals surface area contributed by atoms with Gasteiger partial charge in [-0.1, -0.05) is 0 Å². The van der Waals surface area contributed by atoms with Crippen LogP contribution in [0.1, 0.15) is 59.3 Å². The van der Waals surface area contributed by atoms with Gasteiger partial charge in [0.05, 0.1) is 28.8 Å². The molecule has 4 aliphatic rings. The molecule has 1 aromatic carbocycles. The van der Waals surface area contributed by atoms with Gasteiger partial charge in [0.25, 0.3) is 0 Å². The number of likely N-dealkylation sites (N-methyl/N-ethyl adjacent to an activating group) is 1. The zero-order valence-corrected chi connectivity index (χ0v) is 22.1. The number of aromatic hydroxyl groups is 1. The molecule has 10 nitrogen and oxygen atoms in total. The van der Waals surface area contributed by atoms with Crippen LogP contribution >= 0.6 is 0 Å². The number of halogens is 3. The minimum atomic E-state index is -4.88. The maximum absolute atomic E-state index is 14.6. The first-order chi connectivity index (χ1) is 18.5. The van der Waals surface area contributed by atoms with Crippen molar-refractivity contribution in [2.75, 3.05) is 14.1 Å². The van der Waals surface area contributed by atoms with Crippen LogP contribution in [0.2, 0.25) is 0 Å². The molecule has 0 bridgehead atoms. The zero-order chi connectivity index (χ0) is 29.6. The fourth-order valence-corrected chi connectivity index (χ4v) is 7.54. The van der Waals surface area contributed by atoms with Crippen molar-refractivity contribution in [3.63, 3.8) is 0 Å². The standard InChI is InChI=1S/C27H31F3N4O6/c1-9-4-5-14(33-9)11-8-15(35)17-12(19(11)27(28,29)30)6-10-7-13-20(34(2)3)22(37)18(25(32)39)23(31)26(13,40)24(38)16(10)21(17)36/h8-10,13-14,16,18,20,31,33,35,40H,4-7H2,1-3H3,(H2,32,39). The number of amides is 1. The number of nitrogens with zero attached hydrogens (tertiary/aromatic N) is 1. The zero-order valence-electron chi connectivity index (χ0n) is 22.1. The molecule has 6 N–H and O–H groups in total. The van der Waals surface area contributed by atoms with Crippen molar-refractivity contribution in [1.82, 2.24) is 10.2 Å². The highest BCUT2D eigenvalue weighted by Crippen LogP contribution is 2.53. The Morgan fingerprint density at radius 1 is 1.23 bits per heavy atom. The molecule has 0 spiro atoms. The number of hydrogen-bond acceptors (Lipinski definition) is 9. The van der Waals surface area contributed by atoms with Gasteiger partial charge in [0.15, 0.2) is 23.0 Å². The van der Waals surface area contributed by atoms with Gasteiger partial charge in [-0.15, -0.1) is 0 Å². The number of ketones is 3. The minimum Gasteiger partial charge on any atom is -0.507 e. The summed E-state index contributed by atoms with van der Waals surface area (Å²) < 4.78 is 43.8. The highest BCUT2D eigenvalue weighted by molar-refractivity contribution is 6.33. The van der Waals surface area contributed by atoms with Gasteiger partial charge < -0.3 is 26.7 Å². The molecule has 3 aliphatic carbocycles. The normalized spacial score (nSPS) is 36.0. The van der Waals surface area contributed by atoms with Crippen LogP contribution in [0.4, 0.5) is 13.2 Å². The van der Waals surface area contributed by atoms with Crippen molar-refractivity contribution in [3.8, 4) is 5.75 Å². The Hall–Kier alpha value is -3.16. The van der Waals surface area contributed by atoms with Crippen molar-refractivity contribution < 1.29 is 42.6 Å². The Labute approximate surface area is 227 Å². The molecule has 5 rings (SSSR count). The number of hydrogen-bond donors (Lipinski definition) is 5. The maximum atomic E-state index is 14.6. The van der Waals surface area contributed by atoms with E-state index < -0.39 is 105 Å². The average Bonchev–Trinajstić information content (AvgIpc) is 3.26. The third kappa shape index (κ3) is 3.85. The van der Waals surface area contributed by atoms with Gasteiger partial charge in [-0.2, -0.15) is 13.2 Å². The summed E-state index contributed by atoms with van der Waals surface area (Å²) in [6.45, 7) is 1.83. The molecule has 1 amide bonds. The van der Waals surface area contributed by atoms with Gasteiger partial charge in [0.2, 0.25) is 5.91 Å². The van der Waals surface area contributed by atoms with E-state index in [1.165, 1.54) is 19.0 Å². The summed E-state index contributed by atoms with van der Waals surface area (Å²) in [6.07, 6.45) is -4.52. The number of nitrogens with one attached hydrogen (secondary N) is 2. The molecule has 8 unspecified atom stereocenters. The molecule has 1 aliphatic heterocycles. The number of primary amides is 1. The number of alkyl halides is 3. The molecule has 40 heavy (non-hydrogen) atoms. The van der Waals surface area contributed by atoms with E-state index in [-0.39, 0.29) is 18.0 Å². The minimum absolute atomic E-state index is 0.0460. The first-order valence-electron chi connectivity index (χ1n) is 13.1. The lowest BCUT2D eigenvalue weighted by Gasteiger charge is -2.53. The van der Waals surface area contributed by atoms with Crippen molar-refractivity contribution >= 4 is 29.0 Å². The maximum Gasteiger partial charge on any atom is 0.417 e. The molecule has 1 aromatic rings. The van der Waals surface area contributed by atoms with Gasteiger partial charge in [-0.25, -0.2) is 0 Å². The second kappa shape index (κ2) is 9.18. The number of phenols is 1. The Kier molecular flexibility index (Phi) is 6.51. The first kappa shape index (κ1) is 28.4. The highest BCUT2D eigenvalue weighted by atomic mass is 19.4. The summed E-state index contributed by atoms with van der Waals surface area (Å²) in [5.74, 6) is -10.9. The summed E-state index contributed by atoms with van der Waals surface area (Å²) in [5.41, 5.74) is -0.554. The molecule has 8 atom stereocenters. The molecule has 0 radical (unpaired) electrons. The SMILES string of the molecule is CC1CCC(c2cc(O)c3c(c2C(F)(F)F)CC2CC4C(N(C)C)C(=O)C(C(N)=O)C(=N)C4(O)C(=O)C2C3=O)N1. The van der Waals surface area contributed by atoms with E-state index in [9.17, 15) is 42.6 Å². The van der Waals surface area contributed by atoms with Crippen LogP contribution in [0.5, 0.6) is 5.75 Å². The summed E-state index contributed by atoms with van der Waals surface area (Å²) in [5, 5.41) is 34.1. The van der Waals surface area contributed by atoms with Crippen molar-refractivity contribution in [2.45, 2.75) is 62.5 Å². The van der Waals surface area contributed by atoms with E-state index in [0.717, 1.165) is 6.07 Å². The molecule has 1 saturated heterocycles. The lowest BCUT2D eigenvalue weighted by Crippen LogP contribution is -2.73. The number of carbonyl (C=O) groups excluding carboxylic acids is 4. The van der Waals surface area contributed by atoms with Gasteiger partial charge in [-0.05, 0) is 69.8 Å². The molecular formula is C27H31F3N4O6. The molecule has 2 saturated carbocycles. The van der Waals surface area contributed by atoms with E-state index in [1.807, 2.05) is 6.92 Å². The van der Waals surface area contributed by atoms with E-state index in [2.05, 4.69) is 5.32 Å². The summed E-state index contributed by atoms with van der Waals surface area (Å²) in [6, 6.07) is -1.08. The van der Waals surface area contributed by atoms with Crippen LogP contribution in [0, 0.1) is 29.1 Å². The Balaban J connectivity index is 1.68. The number of benzene rings is 1. The fourth-order valence-electron chi connectivity index (χ4n) is 7.54. The molecule has 3 fully saturated rings. The number of aliphatic hydroxyl groups is 1. The van der Waals surface area contributed by atoms with Crippen molar-refractivity contribution in [3.05, 3.63) is 28.3 Å². The number of nitrogens with two attached hydrogens (primary N) is 1. The number of rotatable bonds is 3. The monoisotopic (exact) mass is 564 g/mol. The number of Topliss-reactive ketones (excluding diaryl/α,β-unsaturated/α-hetero) is 3. The first-order valence-corrected chi connectivity index (χ1v) is 13.1. The fraction of sp³-hybridized carbons (Fsp3) is 0.593. The number of carbonyl (C=O) groups is 4. The van der Waals surface area contributed by atoms with Crippen LogP contribution in [-0.2, 0) is 27.0 Å². The van der Waals surface area contributed by atoms with Gasteiger partial charge in [0, 0.05) is 18.0 Å². The largest absolute Gasteiger partial charge is 0.507 e. The Bertz CT molecular complexity index is 1360. The van der Waals surface area contributed by atoms with Crippen LogP contribution in [0.3, 0.4) is 0 Å². The highest BCUT2D eigenvalue weighted by Gasteiger charge is 2.68. The van der Waals surface area contributed by atoms with Gasteiger partial charge in [0.1, 0.15) is 11.7 Å².